The molecule has 0 aliphatic rings. The van der Waals surface area contributed by atoms with Gasteiger partial charge in [0.1, 0.15) is 10.6 Å². The molecule has 0 radical (unpaired) electrons. The van der Waals surface area contributed by atoms with Crippen molar-refractivity contribution in [2.24, 2.45) is 0 Å². The molecule has 2 aromatic rings. The Balaban J connectivity index is 2.11. The van der Waals surface area contributed by atoms with E-state index in [4.69, 9.17) is 9.84 Å². The van der Waals surface area contributed by atoms with E-state index in [9.17, 15) is 4.79 Å². The van der Waals surface area contributed by atoms with E-state index in [1.165, 1.54) is 11.3 Å². The van der Waals surface area contributed by atoms with Crippen molar-refractivity contribution in [2.75, 3.05) is 12.4 Å². The van der Waals surface area contributed by atoms with E-state index in [0.717, 1.165) is 17.0 Å². The maximum Gasteiger partial charge on any atom is 0.346 e. The number of thiophene rings is 1. The summed E-state index contributed by atoms with van der Waals surface area (Å²) >= 11 is 1.23. The number of methoxy groups -OCH3 is 1. The van der Waals surface area contributed by atoms with Crippen LogP contribution in [0.4, 0.5) is 5.69 Å². The molecule has 0 unspecified atom stereocenters. The summed E-state index contributed by atoms with van der Waals surface area (Å²) in [5, 5.41) is 14.0. The summed E-state index contributed by atoms with van der Waals surface area (Å²) in [5.74, 6) is -0.147. The summed E-state index contributed by atoms with van der Waals surface area (Å²) in [4.78, 5) is 11.3. The van der Waals surface area contributed by atoms with Gasteiger partial charge < -0.3 is 15.2 Å². The maximum atomic E-state index is 11.0. The number of carbonyl (C=O) groups is 1. The molecular weight excluding hydrogens is 250 g/mol. The van der Waals surface area contributed by atoms with Gasteiger partial charge in [-0.2, -0.15) is 0 Å². The molecular formula is C13H13NO3S. The Hall–Kier alpha value is -2.01. The molecule has 1 aromatic heterocycles. The van der Waals surface area contributed by atoms with Crippen LogP contribution in [0.2, 0.25) is 0 Å². The van der Waals surface area contributed by atoms with Crippen molar-refractivity contribution >= 4 is 23.0 Å². The minimum atomic E-state index is -0.887. The third kappa shape index (κ3) is 2.62. The molecule has 1 heterocycles. The highest BCUT2D eigenvalue weighted by atomic mass is 32.1. The van der Waals surface area contributed by atoms with E-state index < -0.39 is 5.97 Å². The smallest absolute Gasteiger partial charge is 0.346 e. The third-order valence-corrected chi connectivity index (χ3v) is 3.46. The number of hydrogen-bond acceptors (Lipinski definition) is 4. The Morgan fingerprint density at radius 1 is 1.39 bits per heavy atom. The summed E-state index contributed by atoms with van der Waals surface area (Å²) in [7, 11) is 1.60. The molecule has 0 saturated carbocycles. The fourth-order valence-corrected chi connectivity index (χ4v) is 2.40. The second kappa shape index (κ2) is 5.55. The maximum absolute atomic E-state index is 11.0. The van der Waals surface area contributed by atoms with E-state index in [0.29, 0.717) is 11.4 Å². The van der Waals surface area contributed by atoms with Crippen LogP contribution in [-0.2, 0) is 6.54 Å². The van der Waals surface area contributed by atoms with Crippen molar-refractivity contribution in [3.8, 4) is 5.75 Å². The van der Waals surface area contributed by atoms with Crippen LogP contribution in [0.25, 0.3) is 0 Å². The van der Waals surface area contributed by atoms with Crippen molar-refractivity contribution in [3.05, 3.63) is 46.2 Å². The zero-order valence-corrected chi connectivity index (χ0v) is 10.7. The van der Waals surface area contributed by atoms with Gasteiger partial charge in [0.05, 0.1) is 12.8 Å². The molecule has 0 amide bonds. The molecule has 0 spiro atoms. The normalized spacial score (nSPS) is 10.1. The molecule has 5 heteroatoms. The zero-order valence-electron chi connectivity index (χ0n) is 9.84. The van der Waals surface area contributed by atoms with Crippen LogP contribution in [-0.4, -0.2) is 18.2 Å². The lowest BCUT2D eigenvalue weighted by Crippen LogP contribution is -2.04. The topological polar surface area (TPSA) is 58.6 Å². The van der Waals surface area contributed by atoms with Crippen LogP contribution in [0.1, 0.15) is 15.2 Å². The van der Waals surface area contributed by atoms with Gasteiger partial charge in [0, 0.05) is 6.54 Å². The first kappa shape index (κ1) is 12.4. The number of carboxylic acids is 1. The molecule has 94 valence electrons. The van der Waals surface area contributed by atoms with Crippen molar-refractivity contribution < 1.29 is 14.6 Å². The largest absolute Gasteiger partial charge is 0.495 e. The average molecular weight is 263 g/mol. The van der Waals surface area contributed by atoms with E-state index >= 15 is 0 Å². The third-order valence-electron chi connectivity index (χ3n) is 2.52. The molecule has 0 atom stereocenters. The van der Waals surface area contributed by atoms with Crippen LogP contribution < -0.4 is 10.1 Å². The highest BCUT2D eigenvalue weighted by Crippen LogP contribution is 2.25. The quantitative estimate of drug-likeness (QED) is 0.870. The van der Waals surface area contributed by atoms with E-state index in [2.05, 4.69) is 5.32 Å². The summed E-state index contributed by atoms with van der Waals surface area (Å²) in [6.07, 6.45) is 0. The Bertz CT molecular complexity index is 551. The standard InChI is InChI=1S/C13H13NO3S/c1-17-11-5-3-2-4-10(11)14-8-9-6-7-18-12(9)13(15)16/h2-7,14H,8H2,1H3,(H,15,16). The number of benzene rings is 1. The number of para-hydroxylation sites is 2. The van der Waals surface area contributed by atoms with Crippen LogP contribution in [0, 0.1) is 0 Å². The predicted octanol–water partition coefficient (Wildman–Crippen LogP) is 3.07. The summed E-state index contributed by atoms with van der Waals surface area (Å²) in [6, 6.07) is 9.35. The SMILES string of the molecule is COc1ccccc1NCc1ccsc1C(=O)O. The molecule has 2 rings (SSSR count). The first-order valence-corrected chi connectivity index (χ1v) is 6.27. The molecule has 1 aromatic carbocycles. The molecule has 0 fully saturated rings. The monoisotopic (exact) mass is 263 g/mol. The van der Waals surface area contributed by atoms with Crippen molar-refractivity contribution in [3.63, 3.8) is 0 Å². The van der Waals surface area contributed by atoms with Crippen LogP contribution >= 0.6 is 11.3 Å². The first-order valence-electron chi connectivity index (χ1n) is 5.39. The lowest BCUT2D eigenvalue weighted by atomic mass is 10.2. The zero-order chi connectivity index (χ0) is 13.0. The average Bonchev–Trinajstić information content (AvgIpc) is 2.85. The summed E-state index contributed by atoms with van der Waals surface area (Å²) in [5.41, 5.74) is 1.63. The van der Waals surface area contributed by atoms with Gasteiger partial charge in [0.15, 0.2) is 0 Å². The number of anilines is 1. The Morgan fingerprint density at radius 2 is 2.17 bits per heavy atom. The second-order valence-electron chi connectivity index (χ2n) is 3.63. The number of carboxylic acid groups (broad SMARTS) is 1. The van der Waals surface area contributed by atoms with Crippen molar-refractivity contribution in [1.29, 1.82) is 0 Å². The number of nitrogens with one attached hydrogen (secondary N) is 1. The van der Waals surface area contributed by atoms with Gasteiger partial charge in [-0.3, -0.25) is 0 Å². The molecule has 0 aliphatic carbocycles. The van der Waals surface area contributed by atoms with Gasteiger partial charge >= 0.3 is 5.97 Å². The molecule has 18 heavy (non-hydrogen) atoms. The highest BCUT2D eigenvalue weighted by Gasteiger charge is 2.11. The molecule has 0 saturated heterocycles. The minimum Gasteiger partial charge on any atom is -0.495 e. The predicted molar refractivity (Wildman–Crippen MR) is 71.6 cm³/mol. The lowest BCUT2D eigenvalue weighted by Gasteiger charge is -2.10. The Kier molecular flexibility index (Phi) is 3.84. The van der Waals surface area contributed by atoms with Crippen LogP contribution in [0.15, 0.2) is 35.7 Å². The van der Waals surface area contributed by atoms with E-state index in [1.54, 1.807) is 12.5 Å². The van der Waals surface area contributed by atoms with Crippen LogP contribution in [0.3, 0.4) is 0 Å². The van der Waals surface area contributed by atoms with Gasteiger partial charge in [0.2, 0.25) is 0 Å². The fraction of sp³-hybridized carbons (Fsp3) is 0.154. The fourth-order valence-electron chi connectivity index (χ4n) is 1.64. The number of aromatic carboxylic acids is 1. The minimum absolute atomic E-state index is 0.373. The number of hydrogen-bond donors (Lipinski definition) is 2. The summed E-state index contributed by atoms with van der Waals surface area (Å²) < 4.78 is 5.22. The highest BCUT2D eigenvalue weighted by molar-refractivity contribution is 7.12. The molecule has 0 bridgehead atoms. The summed E-state index contributed by atoms with van der Waals surface area (Å²) in [6.45, 7) is 0.464. The first-order chi connectivity index (χ1) is 8.72. The lowest BCUT2D eigenvalue weighted by molar-refractivity contribution is 0.0701. The second-order valence-corrected chi connectivity index (χ2v) is 4.55. The number of rotatable bonds is 5. The van der Waals surface area contributed by atoms with Gasteiger partial charge in [-0.1, -0.05) is 12.1 Å². The van der Waals surface area contributed by atoms with E-state index in [-0.39, 0.29) is 0 Å². The van der Waals surface area contributed by atoms with Gasteiger partial charge in [-0.05, 0) is 29.1 Å². The van der Waals surface area contributed by atoms with Crippen molar-refractivity contribution in [2.45, 2.75) is 6.54 Å². The molecule has 4 nitrogen and oxygen atoms in total. The number of ether oxygens (including phenoxy) is 1. The van der Waals surface area contributed by atoms with Gasteiger partial charge in [-0.15, -0.1) is 11.3 Å². The molecule has 0 aliphatic heterocycles. The van der Waals surface area contributed by atoms with Gasteiger partial charge in [0.25, 0.3) is 0 Å². The van der Waals surface area contributed by atoms with Gasteiger partial charge in [-0.25, -0.2) is 4.79 Å². The van der Waals surface area contributed by atoms with Crippen molar-refractivity contribution in [1.82, 2.24) is 0 Å². The Labute approximate surface area is 109 Å². The Morgan fingerprint density at radius 3 is 2.89 bits per heavy atom. The van der Waals surface area contributed by atoms with Crippen LogP contribution in [0.5, 0.6) is 5.75 Å². The van der Waals surface area contributed by atoms with E-state index in [1.807, 2.05) is 30.3 Å². The molecule has 2 N–H and O–H groups in total.